The summed E-state index contributed by atoms with van der Waals surface area (Å²) in [4.78, 5) is 4.53. The molecule has 0 atom stereocenters. The van der Waals surface area contributed by atoms with Gasteiger partial charge in [-0.3, -0.25) is 0 Å². The first-order chi connectivity index (χ1) is 7.80. The molecule has 0 aliphatic heterocycles. The minimum Gasteiger partial charge on any atom is -0.383 e. The predicted molar refractivity (Wildman–Crippen MR) is 77.3 cm³/mol. The van der Waals surface area contributed by atoms with Gasteiger partial charge in [0.1, 0.15) is 5.82 Å². The summed E-state index contributed by atoms with van der Waals surface area (Å²) in [6.07, 6.45) is 0. The molecule has 17 heavy (non-hydrogen) atoms. The second-order valence-electron chi connectivity index (χ2n) is 5.43. The highest BCUT2D eigenvalue weighted by Gasteiger charge is 2.19. The molecule has 0 saturated carbocycles. The Morgan fingerprint density at radius 2 is 1.88 bits per heavy atom. The first kappa shape index (κ1) is 12.4. The minimum atomic E-state index is 0.0139. The molecule has 1 aromatic carbocycles. The molecule has 1 heterocycles. The number of pyridine rings is 1. The number of nitrogens with two attached hydrogens (primary N) is 1. The number of hydrogen-bond donors (Lipinski definition) is 1. The predicted octanol–water partition coefficient (Wildman–Crippen LogP) is 4.19. The van der Waals surface area contributed by atoms with Crippen LogP contribution in [0.1, 0.15) is 31.9 Å². The molecule has 0 unspecified atom stereocenters. The highest BCUT2D eigenvalue weighted by molar-refractivity contribution is 9.10. The molecule has 2 rings (SSSR count). The van der Waals surface area contributed by atoms with Gasteiger partial charge in [0.05, 0.1) is 5.52 Å². The van der Waals surface area contributed by atoms with Crippen molar-refractivity contribution in [3.63, 3.8) is 0 Å². The van der Waals surface area contributed by atoms with Gasteiger partial charge in [0.2, 0.25) is 0 Å². The van der Waals surface area contributed by atoms with E-state index in [1.165, 1.54) is 10.9 Å². The van der Waals surface area contributed by atoms with Gasteiger partial charge in [-0.2, -0.15) is 0 Å². The van der Waals surface area contributed by atoms with Crippen LogP contribution < -0.4 is 5.73 Å². The Kier molecular flexibility index (Phi) is 2.90. The summed E-state index contributed by atoms with van der Waals surface area (Å²) < 4.78 is 0.991. The van der Waals surface area contributed by atoms with Gasteiger partial charge in [0.15, 0.2) is 0 Å². The molecule has 0 aliphatic carbocycles. The Morgan fingerprint density at radius 1 is 1.24 bits per heavy atom. The number of nitrogen functional groups attached to an aromatic ring is 1. The minimum absolute atomic E-state index is 0.0139. The van der Waals surface area contributed by atoms with Gasteiger partial charge in [-0.1, -0.05) is 26.8 Å². The van der Waals surface area contributed by atoms with Gasteiger partial charge >= 0.3 is 0 Å². The lowest BCUT2D eigenvalue weighted by atomic mass is 9.86. The van der Waals surface area contributed by atoms with E-state index in [1.807, 2.05) is 6.07 Å². The fourth-order valence-corrected chi connectivity index (χ4v) is 2.41. The molecule has 1 aromatic heterocycles. The van der Waals surface area contributed by atoms with Crippen molar-refractivity contribution in [2.75, 3.05) is 5.73 Å². The van der Waals surface area contributed by atoms with Crippen molar-refractivity contribution < 1.29 is 0 Å². The van der Waals surface area contributed by atoms with Crippen LogP contribution in [-0.4, -0.2) is 4.98 Å². The molecule has 2 aromatic rings. The first-order valence-corrected chi connectivity index (χ1v) is 6.46. The summed E-state index contributed by atoms with van der Waals surface area (Å²) in [5, 5.41) is 1.17. The number of fused-ring (bicyclic) bond motifs is 1. The van der Waals surface area contributed by atoms with Crippen molar-refractivity contribution in [3.05, 3.63) is 33.8 Å². The quantitative estimate of drug-likeness (QED) is 0.791. The first-order valence-electron chi connectivity index (χ1n) is 5.66. The van der Waals surface area contributed by atoms with Crippen molar-refractivity contribution in [3.8, 4) is 0 Å². The van der Waals surface area contributed by atoms with Gasteiger partial charge in [0, 0.05) is 15.4 Å². The summed E-state index contributed by atoms with van der Waals surface area (Å²) in [5.41, 5.74) is 9.34. The van der Waals surface area contributed by atoms with E-state index in [2.05, 4.69) is 60.7 Å². The van der Waals surface area contributed by atoms with Crippen molar-refractivity contribution in [1.82, 2.24) is 4.98 Å². The molecule has 90 valence electrons. The van der Waals surface area contributed by atoms with Crippen molar-refractivity contribution in [2.45, 2.75) is 33.1 Å². The molecule has 0 radical (unpaired) electrons. The monoisotopic (exact) mass is 292 g/mol. The SMILES string of the molecule is Cc1ccc(Br)c2nc(N)c(C(C)(C)C)cc12. The average Bonchev–Trinajstić information content (AvgIpc) is 2.21. The van der Waals surface area contributed by atoms with E-state index >= 15 is 0 Å². The zero-order valence-corrected chi connectivity index (χ0v) is 12.2. The average molecular weight is 293 g/mol. The van der Waals surface area contributed by atoms with Crippen molar-refractivity contribution >= 4 is 32.7 Å². The Hall–Kier alpha value is -1.09. The number of benzene rings is 1. The van der Waals surface area contributed by atoms with Crippen LogP contribution >= 0.6 is 15.9 Å². The number of rotatable bonds is 0. The Labute approximate surface area is 110 Å². The zero-order valence-electron chi connectivity index (χ0n) is 10.6. The fraction of sp³-hybridized carbons (Fsp3) is 0.357. The zero-order chi connectivity index (χ0) is 12.8. The van der Waals surface area contributed by atoms with Crippen LogP contribution in [0.25, 0.3) is 10.9 Å². The third kappa shape index (κ3) is 2.16. The highest BCUT2D eigenvalue weighted by Crippen LogP contribution is 2.33. The summed E-state index contributed by atoms with van der Waals surface area (Å²) in [5.74, 6) is 0.622. The molecule has 0 saturated heterocycles. The highest BCUT2D eigenvalue weighted by atomic mass is 79.9. The smallest absolute Gasteiger partial charge is 0.127 e. The second-order valence-corrected chi connectivity index (χ2v) is 6.29. The van der Waals surface area contributed by atoms with E-state index in [1.54, 1.807) is 0 Å². The maximum Gasteiger partial charge on any atom is 0.127 e. The lowest BCUT2D eigenvalue weighted by Crippen LogP contribution is -2.15. The van der Waals surface area contributed by atoms with E-state index in [9.17, 15) is 0 Å². The summed E-state index contributed by atoms with van der Waals surface area (Å²) in [7, 11) is 0. The van der Waals surface area contributed by atoms with E-state index in [0.29, 0.717) is 5.82 Å². The fourth-order valence-electron chi connectivity index (χ4n) is 1.98. The molecule has 2 N–H and O–H groups in total. The van der Waals surface area contributed by atoms with Gasteiger partial charge in [-0.25, -0.2) is 4.98 Å². The third-order valence-corrected chi connectivity index (χ3v) is 3.63. The molecule has 0 spiro atoms. The van der Waals surface area contributed by atoms with Crippen LogP contribution in [0.15, 0.2) is 22.7 Å². The standard InChI is InChI=1S/C14H17BrN2/c1-8-5-6-11(15)12-9(8)7-10(13(16)17-12)14(2,3)4/h5-7H,1-4H3,(H2,16,17). The van der Waals surface area contributed by atoms with Gasteiger partial charge < -0.3 is 5.73 Å². The number of halogens is 1. The number of anilines is 1. The van der Waals surface area contributed by atoms with Crippen LogP contribution in [0.4, 0.5) is 5.82 Å². The molecule has 2 nitrogen and oxygen atoms in total. The lowest BCUT2D eigenvalue weighted by molar-refractivity contribution is 0.591. The molecular weight excluding hydrogens is 276 g/mol. The Morgan fingerprint density at radius 3 is 2.47 bits per heavy atom. The lowest BCUT2D eigenvalue weighted by Gasteiger charge is -2.21. The molecule has 0 aliphatic rings. The van der Waals surface area contributed by atoms with Crippen molar-refractivity contribution in [1.29, 1.82) is 0 Å². The largest absolute Gasteiger partial charge is 0.383 e. The molecule has 3 heteroatoms. The molecule has 0 bridgehead atoms. The number of aryl methyl sites for hydroxylation is 1. The molecule has 0 fully saturated rings. The van der Waals surface area contributed by atoms with Crippen LogP contribution in [0.2, 0.25) is 0 Å². The van der Waals surface area contributed by atoms with E-state index in [4.69, 9.17) is 5.73 Å². The number of hydrogen-bond acceptors (Lipinski definition) is 2. The second kappa shape index (κ2) is 3.98. The van der Waals surface area contributed by atoms with E-state index in [0.717, 1.165) is 15.6 Å². The van der Waals surface area contributed by atoms with Crippen LogP contribution in [0.3, 0.4) is 0 Å². The Balaban J connectivity index is 2.85. The summed E-state index contributed by atoms with van der Waals surface area (Å²) >= 11 is 3.52. The van der Waals surface area contributed by atoms with Gasteiger partial charge in [-0.05, 0) is 46.0 Å². The van der Waals surface area contributed by atoms with Gasteiger partial charge in [0.25, 0.3) is 0 Å². The summed E-state index contributed by atoms with van der Waals surface area (Å²) in [6.45, 7) is 8.55. The maximum atomic E-state index is 6.06. The number of nitrogens with zero attached hydrogens (tertiary/aromatic N) is 1. The maximum absolute atomic E-state index is 6.06. The Bertz CT molecular complexity index is 583. The molecular formula is C14H17BrN2. The van der Waals surface area contributed by atoms with E-state index < -0.39 is 0 Å². The van der Waals surface area contributed by atoms with Crippen LogP contribution in [0.5, 0.6) is 0 Å². The molecule has 0 amide bonds. The van der Waals surface area contributed by atoms with E-state index in [-0.39, 0.29) is 5.41 Å². The van der Waals surface area contributed by atoms with Crippen LogP contribution in [-0.2, 0) is 5.41 Å². The third-order valence-electron chi connectivity index (χ3n) is 2.99. The van der Waals surface area contributed by atoms with Gasteiger partial charge in [-0.15, -0.1) is 0 Å². The summed E-state index contributed by atoms with van der Waals surface area (Å²) in [6, 6.07) is 6.27. The van der Waals surface area contributed by atoms with Crippen LogP contribution in [0, 0.1) is 6.92 Å². The normalized spacial score (nSPS) is 12.1. The topological polar surface area (TPSA) is 38.9 Å². The number of aromatic nitrogens is 1. The van der Waals surface area contributed by atoms with Crippen molar-refractivity contribution in [2.24, 2.45) is 0 Å².